The molecule has 0 aromatic rings. The monoisotopic (exact) mass is 147 g/mol. The van der Waals surface area contributed by atoms with Gasteiger partial charge in [-0.1, -0.05) is 0 Å². The third-order valence-corrected chi connectivity index (χ3v) is 0.408. The first-order chi connectivity index (χ1) is 3.91. The fraction of sp³-hybridized carbons (Fsp3) is 1.00. The summed E-state index contributed by atoms with van der Waals surface area (Å²) < 4.78 is 39.0. The molecule has 0 aliphatic carbocycles. The van der Waals surface area contributed by atoms with Crippen LogP contribution < -0.4 is 5.32 Å². The zero-order valence-corrected chi connectivity index (χ0v) is 5.37. The third kappa shape index (κ3) is 461. The zero-order valence-electron chi connectivity index (χ0n) is 5.37. The van der Waals surface area contributed by atoms with Crippen molar-refractivity contribution in [2.24, 2.45) is 0 Å². The van der Waals surface area contributed by atoms with Gasteiger partial charge in [0, 0.05) is 0 Å². The van der Waals surface area contributed by atoms with E-state index in [1.165, 1.54) is 6.54 Å². The molecule has 0 heterocycles. The minimum Gasteiger partial charge on any atom is -0.418 e. The Hall–Kier alpha value is -0.255. The molecule has 0 bridgehead atoms. The number of nitrogens with two attached hydrogens (primary N) is 1. The van der Waals surface area contributed by atoms with Gasteiger partial charge in [-0.15, -0.1) is 0 Å². The predicted octanol–water partition coefficient (Wildman–Crippen LogP) is 0.500. The largest absolute Gasteiger partial charge is 0.673 e. The molecule has 58 valence electrons. The van der Waals surface area contributed by atoms with Crippen molar-refractivity contribution < 1.29 is 22.6 Å². The van der Waals surface area contributed by atoms with Gasteiger partial charge in [0.2, 0.25) is 0 Å². The summed E-state index contributed by atoms with van der Waals surface area (Å²) in [4.78, 5) is 0. The lowest BCUT2D eigenvalue weighted by Gasteiger charge is -1.94. The van der Waals surface area contributed by atoms with Crippen molar-refractivity contribution in [3.63, 3.8) is 0 Å². The number of hydrogen-bond donors (Lipinski definition) is 1. The molecule has 0 aromatic carbocycles. The van der Waals surface area contributed by atoms with E-state index in [1.54, 1.807) is 0 Å². The highest BCUT2D eigenvalue weighted by molar-refractivity contribution is 6.50. The van der Waals surface area contributed by atoms with Crippen molar-refractivity contribution in [3.05, 3.63) is 0 Å². The lowest BCUT2D eigenvalue weighted by molar-refractivity contribution is -0.623. The Labute approximate surface area is 51.5 Å². The second-order valence-electron chi connectivity index (χ2n) is 1.31. The van der Waals surface area contributed by atoms with Gasteiger partial charge in [0.1, 0.15) is 0 Å². The van der Waals surface area contributed by atoms with Crippen molar-refractivity contribution in [2.45, 2.75) is 6.92 Å². The molecule has 0 fully saturated rings. The molecule has 0 radical (unpaired) electrons. The normalized spacial score (nSPS) is 10.0. The van der Waals surface area contributed by atoms with Gasteiger partial charge >= 0.3 is 7.25 Å². The molecule has 0 aliphatic heterocycles. The van der Waals surface area contributed by atoms with Crippen LogP contribution in [-0.2, 0) is 0 Å². The van der Waals surface area contributed by atoms with Crippen LogP contribution in [0.5, 0.6) is 0 Å². The van der Waals surface area contributed by atoms with Gasteiger partial charge in [0.25, 0.3) is 0 Å². The van der Waals surface area contributed by atoms with E-state index >= 15 is 0 Å². The van der Waals surface area contributed by atoms with E-state index < -0.39 is 7.25 Å². The topological polar surface area (TPSA) is 16.6 Å². The third-order valence-electron chi connectivity index (χ3n) is 0.408. The van der Waals surface area contributed by atoms with Gasteiger partial charge in [-0.3, -0.25) is 0 Å². The summed E-state index contributed by atoms with van der Waals surface area (Å²) in [6.45, 7) is 3.32. The highest BCUT2D eigenvalue weighted by Gasteiger charge is 2.20. The Kier molecular flexibility index (Phi) is 7.53. The molecule has 0 amide bonds. The second-order valence-corrected chi connectivity index (χ2v) is 1.31. The Morgan fingerprint density at radius 1 is 1.22 bits per heavy atom. The van der Waals surface area contributed by atoms with Crippen molar-refractivity contribution in [1.29, 1.82) is 0 Å². The van der Waals surface area contributed by atoms with Crippen LogP contribution in [-0.4, -0.2) is 20.8 Å². The summed E-state index contributed by atoms with van der Waals surface area (Å²) in [7, 11) is -3.94. The van der Waals surface area contributed by atoms with Gasteiger partial charge < -0.3 is 22.6 Å². The minimum atomic E-state index is -6.00. The molecule has 2 N–H and O–H groups in total. The van der Waals surface area contributed by atoms with Crippen LogP contribution >= 0.6 is 0 Å². The maximum atomic E-state index is 9.75. The highest BCUT2D eigenvalue weighted by Crippen LogP contribution is 2.06. The number of quaternary nitrogens is 1. The van der Waals surface area contributed by atoms with E-state index in [0.29, 0.717) is 0 Å². The Balaban J connectivity index is 0. The van der Waals surface area contributed by atoms with Crippen LogP contribution in [0.2, 0.25) is 0 Å². The second kappa shape index (κ2) is 5.87. The maximum absolute atomic E-state index is 9.75. The Morgan fingerprint density at radius 3 is 1.33 bits per heavy atom. The minimum absolute atomic E-state index is 1.19. The first kappa shape index (κ1) is 11.5. The molecular formula is C3H10BF4N. The van der Waals surface area contributed by atoms with Gasteiger partial charge in [-0.05, 0) is 6.92 Å². The van der Waals surface area contributed by atoms with E-state index in [-0.39, 0.29) is 0 Å². The van der Waals surface area contributed by atoms with Gasteiger partial charge in [-0.25, -0.2) is 0 Å². The van der Waals surface area contributed by atoms with Crippen LogP contribution in [0.15, 0.2) is 0 Å². The van der Waals surface area contributed by atoms with Crippen LogP contribution in [0.4, 0.5) is 17.3 Å². The van der Waals surface area contributed by atoms with E-state index in [0.717, 1.165) is 0 Å². The standard InChI is InChI=1S/C3H9N.BF4/c1-3-4-2;2-1(3,4)5/h4H,3H2,1-2H3;/q;-1/p+1. The fourth-order valence-corrected chi connectivity index (χ4v) is 0. The predicted molar refractivity (Wildman–Crippen MR) is 28.6 cm³/mol. The van der Waals surface area contributed by atoms with Crippen molar-refractivity contribution in [2.75, 3.05) is 13.6 Å². The van der Waals surface area contributed by atoms with Crippen LogP contribution in [0, 0.1) is 0 Å². The molecule has 9 heavy (non-hydrogen) atoms. The summed E-state index contributed by atoms with van der Waals surface area (Å²) in [6.07, 6.45) is 0. The van der Waals surface area contributed by atoms with Crippen LogP contribution in [0.3, 0.4) is 0 Å². The molecule has 0 saturated heterocycles. The zero-order chi connectivity index (χ0) is 7.91. The lowest BCUT2D eigenvalue weighted by atomic mass is 10.3. The molecular weight excluding hydrogens is 137 g/mol. The number of halogens is 4. The molecule has 0 aliphatic rings. The smallest absolute Gasteiger partial charge is 0.418 e. The molecule has 0 aromatic heterocycles. The summed E-state index contributed by atoms with van der Waals surface area (Å²) in [5.41, 5.74) is 0. The van der Waals surface area contributed by atoms with E-state index in [9.17, 15) is 17.3 Å². The van der Waals surface area contributed by atoms with E-state index in [1.807, 2.05) is 0 Å². The maximum Gasteiger partial charge on any atom is 0.673 e. The molecule has 0 saturated carbocycles. The molecule has 0 unspecified atom stereocenters. The SMILES string of the molecule is CC[NH2+]C.F[B-](F)(F)F. The van der Waals surface area contributed by atoms with Crippen molar-refractivity contribution in [3.8, 4) is 0 Å². The molecule has 1 nitrogen and oxygen atoms in total. The Bertz CT molecular complexity index is 46.3. The van der Waals surface area contributed by atoms with Gasteiger partial charge in [-0.2, -0.15) is 0 Å². The van der Waals surface area contributed by atoms with E-state index in [4.69, 9.17) is 0 Å². The summed E-state index contributed by atoms with van der Waals surface area (Å²) in [5, 5.41) is 2.12. The van der Waals surface area contributed by atoms with Crippen molar-refractivity contribution >= 4 is 7.25 Å². The average Bonchev–Trinajstić information content (AvgIpc) is 1.61. The molecule has 6 heteroatoms. The fourth-order valence-electron chi connectivity index (χ4n) is 0. The summed E-state index contributed by atoms with van der Waals surface area (Å²) in [6, 6.07) is 0. The molecule has 0 atom stereocenters. The average molecular weight is 147 g/mol. The lowest BCUT2D eigenvalue weighted by Crippen LogP contribution is -2.78. The quantitative estimate of drug-likeness (QED) is 0.410. The molecule has 0 spiro atoms. The van der Waals surface area contributed by atoms with Crippen molar-refractivity contribution in [1.82, 2.24) is 0 Å². The first-order valence-electron chi connectivity index (χ1n) is 2.57. The number of rotatable bonds is 1. The summed E-state index contributed by atoms with van der Waals surface area (Å²) in [5.74, 6) is 0. The van der Waals surface area contributed by atoms with Gasteiger partial charge in [0.05, 0.1) is 13.6 Å². The highest BCUT2D eigenvalue weighted by atomic mass is 19.5. The summed E-state index contributed by atoms with van der Waals surface area (Å²) >= 11 is 0. The number of hydrogen-bond acceptors (Lipinski definition) is 0. The Morgan fingerprint density at radius 2 is 1.33 bits per heavy atom. The van der Waals surface area contributed by atoms with E-state index in [2.05, 4.69) is 19.3 Å². The first-order valence-corrected chi connectivity index (χ1v) is 2.57. The molecule has 0 rings (SSSR count). The van der Waals surface area contributed by atoms with Crippen LogP contribution in [0.1, 0.15) is 6.92 Å². The van der Waals surface area contributed by atoms with Crippen LogP contribution in [0.25, 0.3) is 0 Å². The van der Waals surface area contributed by atoms with Gasteiger partial charge in [0.15, 0.2) is 0 Å².